The smallest absolute Gasteiger partial charge is 0.410 e. The SMILES string of the molecule is Cc1ccc2c(c1)CCC(c1ccccc1)=C2c1ccc(O[C@@H](C)CN2CCN(C(=O)OC(C)(C)C)CC2)cc1. The number of carbonyl (C=O) groups excluding carboxylic acids is 1. The number of aryl methyl sites for hydroxylation is 2. The van der Waals surface area contributed by atoms with Crippen molar-refractivity contribution in [1.29, 1.82) is 0 Å². The number of piperazine rings is 1. The van der Waals surface area contributed by atoms with E-state index in [2.05, 4.69) is 91.5 Å². The fourth-order valence-corrected chi connectivity index (χ4v) is 5.75. The monoisotopic (exact) mass is 538 g/mol. The lowest BCUT2D eigenvalue weighted by Gasteiger charge is -2.36. The summed E-state index contributed by atoms with van der Waals surface area (Å²) in [6.07, 6.45) is 1.91. The highest BCUT2D eigenvalue weighted by Gasteiger charge is 2.27. The first-order valence-electron chi connectivity index (χ1n) is 14.5. The maximum atomic E-state index is 12.4. The molecule has 0 N–H and O–H groups in total. The van der Waals surface area contributed by atoms with Crippen molar-refractivity contribution < 1.29 is 14.3 Å². The molecule has 3 aromatic carbocycles. The number of hydrogen-bond donors (Lipinski definition) is 0. The number of fused-ring (bicyclic) bond motifs is 1. The fourth-order valence-electron chi connectivity index (χ4n) is 5.75. The molecule has 1 aliphatic carbocycles. The third kappa shape index (κ3) is 6.76. The van der Waals surface area contributed by atoms with Crippen molar-refractivity contribution in [3.8, 4) is 5.75 Å². The fraction of sp³-hybridized carbons (Fsp3) is 0.400. The predicted octanol–water partition coefficient (Wildman–Crippen LogP) is 7.22. The van der Waals surface area contributed by atoms with Gasteiger partial charge in [0.1, 0.15) is 17.5 Å². The van der Waals surface area contributed by atoms with Gasteiger partial charge in [-0.1, -0.05) is 66.2 Å². The van der Waals surface area contributed by atoms with Gasteiger partial charge in [0.25, 0.3) is 0 Å². The molecule has 1 heterocycles. The first kappa shape index (κ1) is 28.0. The minimum atomic E-state index is -0.467. The predicted molar refractivity (Wildman–Crippen MR) is 163 cm³/mol. The minimum absolute atomic E-state index is 0.0383. The number of nitrogens with zero attached hydrogens (tertiary/aromatic N) is 2. The molecule has 210 valence electrons. The van der Waals surface area contributed by atoms with Crippen LogP contribution in [0, 0.1) is 6.92 Å². The molecule has 0 bridgehead atoms. The van der Waals surface area contributed by atoms with E-state index in [0.29, 0.717) is 13.1 Å². The van der Waals surface area contributed by atoms with Gasteiger partial charge in [0, 0.05) is 32.7 Å². The number of rotatable bonds is 6. The van der Waals surface area contributed by atoms with Crippen LogP contribution in [0.3, 0.4) is 0 Å². The summed E-state index contributed by atoms with van der Waals surface area (Å²) >= 11 is 0. The van der Waals surface area contributed by atoms with Crippen molar-refractivity contribution in [3.05, 3.63) is 101 Å². The van der Waals surface area contributed by atoms with E-state index in [9.17, 15) is 4.79 Å². The minimum Gasteiger partial charge on any atom is -0.489 e. The van der Waals surface area contributed by atoms with E-state index < -0.39 is 5.60 Å². The molecule has 40 heavy (non-hydrogen) atoms. The van der Waals surface area contributed by atoms with Crippen LogP contribution in [0.15, 0.2) is 72.8 Å². The summed E-state index contributed by atoms with van der Waals surface area (Å²) in [5, 5.41) is 0. The van der Waals surface area contributed by atoms with Crippen LogP contribution in [0.1, 0.15) is 61.9 Å². The van der Waals surface area contributed by atoms with Gasteiger partial charge in [-0.25, -0.2) is 4.79 Å². The van der Waals surface area contributed by atoms with Crippen LogP contribution in [0.2, 0.25) is 0 Å². The van der Waals surface area contributed by atoms with Gasteiger partial charge in [0.05, 0.1) is 0 Å². The Hall–Kier alpha value is -3.57. The first-order valence-corrected chi connectivity index (χ1v) is 14.5. The number of hydrogen-bond acceptors (Lipinski definition) is 4. The second-order valence-electron chi connectivity index (χ2n) is 12.1. The van der Waals surface area contributed by atoms with E-state index in [0.717, 1.165) is 38.2 Å². The molecule has 1 amide bonds. The molecule has 1 aliphatic heterocycles. The molecule has 0 unspecified atom stereocenters. The average molecular weight is 539 g/mol. The summed E-state index contributed by atoms with van der Waals surface area (Å²) in [6.45, 7) is 13.8. The van der Waals surface area contributed by atoms with Crippen LogP contribution < -0.4 is 4.74 Å². The van der Waals surface area contributed by atoms with Crippen molar-refractivity contribution in [1.82, 2.24) is 9.80 Å². The Morgan fingerprint density at radius 2 is 1.57 bits per heavy atom. The second kappa shape index (κ2) is 11.9. The highest BCUT2D eigenvalue weighted by molar-refractivity contribution is 6.00. The van der Waals surface area contributed by atoms with Crippen LogP contribution in [0.5, 0.6) is 5.75 Å². The van der Waals surface area contributed by atoms with Crippen LogP contribution in [-0.4, -0.2) is 60.3 Å². The maximum absolute atomic E-state index is 12.4. The van der Waals surface area contributed by atoms with Crippen LogP contribution >= 0.6 is 0 Å². The summed E-state index contributed by atoms with van der Waals surface area (Å²) in [4.78, 5) is 16.5. The number of benzene rings is 3. The zero-order valence-electron chi connectivity index (χ0n) is 24.6. The second-order valence-corrected chi connectivity index (χ2v) is 12.1. The highest BCUT2D eigenvalue weighted by atomic mass is 16.6. The van der Waals surface area contributed by atoms with Gasteiger partial charge < -0.3 is 14.4 Å². The van der Waals surface area contributed by atoms with E-state index in [1.54, 1.807) is 4.90 Å². The Kier molecular flexibility index (Phi) is 8.32. The molecule has 0 radical (unpaired) electrons. The molecular formula is C35H42N2O3. The Bertz CT molecular complexity index is 1350. The maximum Gasteiger partial charge on any atom is 0.410 e. The summed E-state index contributed by atoms with van der Waals surface area (Å²) in [7, 11) is 0. The zero-order valence-corrected chi connectivity index (χ0v) is 24.6. The van der Waals surface area contributed by atoms with E-state index in [1.165, 1.54) is 39.0 Å². The van der Waals surface area contributed by atoms with Crippen LogP contribution in [0.4, 0.5) is 4.79 Å². The van der Waals surface area contributed by atoms with E-state index in [-0.39, 0.29) is 12.2 Å². The lowest BCUT2D eigenvalue weighted by Crippen LogP contribution is -2.51. The number of ether oxygens (including phenoxy) is 2. The lowest BCUT2D eigenvalue weighted by atomic mass is 9.79. The molecule has 1 atom stereocenters. The van der Waals surface area contributed by atoms with Gasteiger partial charge in [-0.05, 0) is 93.0 Å². The van der Waals surface area contributed by atoms with Crippen molar-refractivity contribution in [2.24, 2.45) is 0 Å². The molecule has 5 nitrogen and oxygen atoms in total. The first-order chi connectivity index (χ1) is 19.2. The van der Waals surface area contributed by atoms with Crippen molar-refractivity contribution in [3.63, 3.8) is 0 Å². The molecular weight excluding hydrogens is 496 g/mol. The van der Waals surface area contributed by atoms with Gasteiger partial charge in [-0.15, -0.1) is 0 Å². The average Bonchev–Trinajstić information content (AvgIpc) is 2.93. The number of amides is 1. The summed E-state index contributed by atoms with van der Waals surface area (Å²) in [5.41, 5.74) is 8.86. The molecule has 5 rings (SSSR count). The third-order valence-corrected chi connectivity index (χ3v) is 7.62. The van der Waals surface area contributed by atoms with Gasteiger partial charge >= 0.3 is 6.09 Å². The van der Waals surface area contributed by atoms with E-state index in [1.807, 2.05) is 20.8 Å². The lowest BCUT2D eigenvalue weighted by molar-refractivity contribution is 0.0118. The molecule has 3 aromatic rings. The Morgan fingerprint density at radius 1 is 0.875 bits per heavy atom. The normalized spacial score (nSPS) is 16.9. The number of allylic oxidation sites excluding steroid dienone is 1. The van der Waals surface area contributed by atoms with E-state index >= 15 is 0 Å². The molecule has 2 aliphatic rings. The Balaban J connectivity index is 1.25. The van der Waals surface area contributed by atoms with Crippen LogP contribution in [-0.2, 0) is 11.2 Å². The molecule has 0 aromatic heterocycles. The quantitative estimate of drug-likeness (QED) is 0.332. The number of carbonyl (C=O) groups is 1. The molecule has 0 saturated carbocycles. The molecule has 1 fully saturated rings. The molecule has 1 saturated heterocycles. The molecule has 5 heteroatoms. The van der Waals surface area contributed by atoms with Gasteiger partial charge in [0.15, 0.2) is 0 Å². The molecule has 0 spiro atoms. The summed E-state index contributed by atoms with van der Waals surface area (Å²) < 4.78 is 11.9. The van der Waals surface area contributed by atoms with Gasteiger partial charge in [-0.3, -0.25) is 4.90 Å². The third-order valence-electron chi connectivity index (χ3n) is 7.62. The van der Waals surface area contributed by atoms with E-state index in [4.69, 9.17) is 9.47 Å². The summed E-state index contributed by atoms with van der Waals surface area (Å²) in [5.74, 6) is 0.880. The van der Waals surface area contributed by atoms with Gasteiger partial charge in [-0.2, -0.15) is 0 Å². The standard InChI is InChI=1S/C35H42N2O3/c1-25-11-17-32-29(23-25)14-18-31(27-9-7-6-8-10-27)33(32)28-12-15-30(16-13-28)39-26(2)24-36-19-21-37(22-20-36)34(38)40-35(3,4)5/h6-13,15-17,23,26H,14,18-22,24H2,1-5H3/t26-/m0/s1. The largest absolute Gasteiger partial charge is 0.489 e. The van der Waals surface area contributed by atoms with Gasteiger partial charge in [0.2, 0.25) is 0 Å². The summed E-state index contributed by atoms with van der Waals surface area (Å²) in [6, 6.07) is 26.2. The van der Waals surface area contributed by atoms with Crippen molar-refractivity contribution in [2.45, 2.75) is 59.2 Å². The zero-order chi connectivity index (χ0) is 28.3. The highest BCUT2D eigenvalue weighted by Crippen LogP contribution is 2.41. The van der Waals surface area contributed by atoms with Crippen LogP contribution in [0.25, 0.3) is 11.1 Å². The Morgan fingerprint density at radius 3 is 2.25 bits per heavy atom. The van der Waals surface area contributed by atoms with Crippen molar-refractivity contribution >= 4 is 17.2 Å². The Labute approximate surface area is 239 Å². The topological polar surface area (TPSA) is 42.0 Å². The van der Waals surface area contributed by atoms with Crippen molar-refractivity contribution in [2.75, 3.05) is 32.7 Å².